The molecule has 2 heterocycles. The van der Waals surface area contributed by atoms with Crippen LogP contribution in [0.25, 0.3) is 10.4 Å². The lowest BCUT2D eigenvalue weighted by molar-refractivity contribution is 0.0720. The number of benzene rings is 1. The molecular weight excluding hydrogens is 268 g/mol. The molecule has 3 nitrogen and oxygen atoms in total. The number of hydrogen-bond acceptors (Lipinski definition) is 3. The van der Waals surface area contributed by atoms with Crippen LogP contribution in [0.15, 0.2) is 30.3 Å². The molecule has 1 saturated heterocycles. The molecule has 104 valence electrons. The number of thiazole rings is 1. The zero-order valence-corrected chi connectivity index (χ0v) is 12.4. The van der Waals surface area contributed by atoms with Gasteiger partial charge in [0.25, 0.3) is 5.91 Å². The third kappa shape index (κ3) is 2.61. The maximum atomic E-state index is 12.7. The lowest BCUT2D eigenvalue weighted by atomic mass is 10.1. The number of aromatic nitrogens is 1. The minimum absolute atomic E-state index is 0.0907. The second kappa shape index (κ2) is 5.75. The van der Waals surface area contributed by atoms with Crippen LogP contribution in [0.1, 0.15) is 34.8 Å². The van der Waals surface area contributed by atoms with Crippen LogP contribution in [-0.4, -0.2) is 28.9 Å². The summed E-state index contributed by atoms with van der Waals surface area (Å²) in [5.41, 5.74) is 1.71. The Kier molecular flexibility index (Phi) is 3.83. The highest BCUT2D eigenvalue weighted by Gasteiger charge is 2.24. The van der Waals surface area contributed by atoms with Gasteiger partial charge in [0.2, 0.25) is 0 Å². The van der Waals surface area contributed by atoms with E-state index in [0.717, 1.165) is 41.4 Å². The first-order valence-electron chi connectivity index (χ1n) is 7.08. The molecule has 0 atom stereocenters. The van der Waals surface area contributed by atoms with Crippen molar-refractivity contribution in [2.45, 2.75) is 26.2 Å². The summed E-state index contributed by atoms with van der Waals surface area (Å²) in [7, 11) is 0. The molecule has 0 unspecified atom stereocenters. The summed E-state index contributed by atoms with van der Waals surface area (Å²) in [6.45, 7) is 3.69. The minimum atomic E-state index is 0.0907. The molecule has 0 N–H and O–H groups in total. The molecule has 0 radical (unpaired) electrons. The van der Waals surface area contributed by atoms with Crippen LogP contribution in [0.3, 0.4) is 0 Å². The zero-order chi connectivity index (χ0) is 13.9. The van der Waals surface area contributed by atoms with Crippen molar-refractivity contribution in [1.29, 1.82) is 0 Å². The van der Waals surface area contributed by atoms with Crippen molar-refractivity contribution in [1.82, 2.24) is 9.88 Å². The van der Waals surface area contributed by atoms with E-state index >= 15 is 0 Å². The molecular formula is C16H18N2OS. The Morgan fingerprint density at radius 1 is 1.15 bits per heavy atom. The number of hydrogen-bond donors (Lipinski definition) is 0. The summed E-state index contributed by atoms with van der Waals surface area (Å²) in [4.78, 5) is 20.1. The molecule has 20 heavy (non-hydrogen) atoms. The van der Waals surface area contributed by atoms with Crippen LogP contribution < -0.4 is 0 Å². The van der Waals surface area contributed by atoms with Gasteiger partial charge in [-0.15, -0.1) is 11.3 Å². The lowest BCUT2D eigenvalue weighted by Gasteiger charge is -2.26. The number of amides is 1. The van der Waals surface area contributed by atoms with Gasteiger partial charge in [-0.1, -0.05) is 30.3 Å². The monoisotopic (exact) mass is 286 g/mol. The van der Waals surface area contributed by atoms with Gasteiger partial charge in [-0.2, -0.15) is 0 Å². The van der Waals surface area contributed by atoms with Gasteiger partial charge in [-0.25, -0.2) is 4.98 Å². The fourth-order valence-corrected chi connectivity index (χ4v) is 3.52. The number of nitrogens with zero attached hydrogens (tertiary/aromatic N) is 2. The highest BCUT2D eigenvalue weighted by atomic mass is 32.1. The fraction of sp³-hybridized carbons (Fsp3) is 0.375. The van der Waals surface area contributed by atoms with Crippen LogP contribution in [0.4, 0.5) is 0 Å². The summed E-state index contributed by atoms with van der Waals surface area (Å²) in [5.74, 6) is 0.0907. The summed E-state index contributed by atoms with van der Waals surface area (Å²) < 4.78 is 0. The van der Waals surface area contributed by atoms with Gasteiger partial charge in [-0.3, -0.25) is 4.79 Å². The maximum absolute atomic E-state index is 12.7. The molecule has 1 aromatic heterocycles. The summed E-state index contributed by atoms with van der Waals surface area (Å²) >= 11 is 1.60. The van der Waals surface area contributed by atoms with E-state index in [1.807, 2.05) is 42.2 Å². The average Bonchev–Trinajstić information content (AvgIpc) is 2.90. The largest absolute Gasteiger partial charge is 0.337 e. The van der Waals surface area contributed by atoms with Gasteiger partial charge in [-0.05, 0) is 31.7 Å². The highest BCUT2D eigenvalue weighted by Crippen LogP contribution is 2.31. The van der Waals surface area contributed by atoms with Crippen molar-refractivity contribution in [3.05, 3.63) is 41.0 Å². The smallest absolute Gasteiger partial charge is 0.273 e. The number of carbonyl (C=O) groups is 1. The predicted molar refractivity (Wildman–Crippen MR) is 82.0 cm³/mol. The van der Waals surface area contributed by atoms with E-state index < -0.39 is 0 Å². The molecule has 1 amide bonds. The Morgan fingerprint density at radius 3 is 2.55 bits per heavy atom. The Hall–Kier alpha value is -1.68. The van der Waals surface area contributed by atoms with Crippen LogP contribution in [0, 0.1) is 6.92 Å². The second-order valence-electron chi connectivity index (χ2n) is 5.13. The molecule has 0 bridgehead atoms. The van der Waals surface area contributed by atoms with Crippen LogP contribution >= 0.6 is 11.3 Å². The van der Waals surface area contributed by atoms with E-state index in [0.29, 0.717) is 5.69 Å². The Labute approximate surface area is 123 Å². The topological polar surface area (TPSA) is 33.2 Å². The SMILES string of the molecule is Cc1nc(C(=O)N2CCCCC2)c(-c2ccccc2)s1. The molecule has 1 aliphatic rings. The van der Waals surface area contributed by atoms with Gasteiger partial charge in [0.15, 0.2) is 0 Å². The molecule has 3 rings (SSSR count). The number of rotatable bonds is 2. The van der Waals surface area contributed by atoms with Crippen LogP contribution in [0.5, 0.6) is 0 Å². The molecule has 1 aromatic carbocycles. The summed E-state index contributed by atoms with van der Waals surface area (Å²) in [6.07, 6.45) is 3.44. The van der Waals surface area contributed by atoms with Crippen molar-refractivity contribution in [2.75, 3.05) is 13.1 Å². The van der Waals surface area contributed by atoms with Crippen molar-refractivity contribution >= 4 is 17.2 Å². The normalized spacial score (nSPS) is 15.3. The standard InChI is InChI=1S/C16H18N2OS/c1-12-17-14(16(19)18-10-6-3-7-11-18)15(20-12)13-8-4-2-5-9-13/h2,4-5,8-9H,3,6-7,10-11H2,1H3. The number of carbonyl (C=O) groups excluding carboxylic acids is 1. The van der Waals surface area contributed by atoms with Gasteiger partial charge in [0.05, 0.1) is 9.88 Å². The Balaban J connectivity index is 1.95. The molecule has 1 fully saturated rings. The third-order valence-electron chi connectivity index (χ3n) is 3.62. The molecule has 2 aromatic rings. The molecule has 0 saturated carbocycles. The maximum Gasteiger partial charge on any atom is 0.273 e. The Morgan fingerprint density at radius 2 is 1.85 bits per heavy atom. The van der Waals surface area contributed by atoms with E-state index in [9.17, 15) is 4.79 Å². The van der Waals surface area contributed by atoms with Crippen molar-refractivity contribution < 1.29 is 4.79 Å². The average molecular weight is 286 g/mol. The summed E-state index contributed by atoms with van der Waals surface area (Å²) in [6, 6.07) is 10.1. The third-order valence-corrected chi connectivity index (χ3v) is 4.64. The molecule has 0 spiro atoms. The first kappa shape index (κ1) is 13.3. The highest BCUT2D eigenvalue weighted by molar-refractivity contribution is 7.15. The van der Waals surface area contributed by atoms with Crippen molar-refractivity contribution in [2.24, 2.45) is 0 Å². The minimum Gasteiger partial charge on any atom is -0.337 e. The van der Waals surface area contributed by atoms with Gasteiger partial charge < -0.3 is 4.90 Å². The Bertz CT molecular complexity index is 600. The van der Waals surface area contributed by atoms with Gasteiger partial charge in [0.1, 0.15) is 5.69 Å². The van der Waals surface area contributed by atoms with Crippen LogP contribution in [-0.2, 0) is 0 Å². The number of likely N-dealkylation sites (tertiary alicyclic amines) is 1. The quantitative estimate of drug-likeness (QED) is 0.842. The first-order chi connectivity index (χ1) is 9.75. The number of aryl methyl sites for hydroxylation is 1. The van der Waals surface area contributed by atoms with Gasteiger partial charge >= 0.3 is 0 Å². The zero-order valence-electron chi connectivity index (χ0n) is 11.6. The van der Waals surface area contributed by atoms with Gasteiger partial charge in [0, 0.05) is 13.1 Å². The van der Waals surface area contributed by atoms with E-state index in [4.69, 9.17) is 0 Å². The second-order valence-corrected chi connectivity index (χ2v) is 6.33. The van der Waals surface area contributed by atoms with Crippen LogP contribution in [0.2, 0.25) is 0 Å². The molecule has 0 aliphatic carbocycles. The summed E-state index contributed by atoms with van der Waals surface area (Å²) in [5, 5.41) is 0.948. The number of piperidine rings is 1. The lowest BCUT2D eigenvalue weighted by Crippen LogP contribution is -2.36. The molecule has 1 aliphatic heterocycles. The fourth-order valence-electron chi connectivity index (χ4n) is 2.60. The van der Waals surface area contributed by atoms with Crippen molar-refractivity contribution in [3.63, 3.8) is 0 Å². The molecule has 4 heteroatoms. The predicted octanol–water partition coefficient (Wildman–Crippen LogP) is 3.74. The van der Waals surface area contributed by atoms with E-state index in [-0.39, 0.29) is 5.91 Å². The van der Waals surface area contributed by atoms with E-state index in [2.05, 4.69) is 4.98 Å². The van der Waals surface area contributed by atoms with E-state index in [1.165, 1.54) is 6.42 Å². The first-order valence-corrected chi connectivity index (χ1v) is 7.89. The van der Waals surface area contributed by atoms with E-state index in [1.54, 1.807) is 11.3 Å². The van der Waals surface area contributed by atoms with Crippen molar-refractivity contribution in [3.8, 4) is 10.4 Å².